The van der Waals surface area contributed by atoms with Crippen molar-refractivity contribution in [1.29, 1.82) is 0 Å². The van der Waals surface area contributed by atoms with Gasteiger partial charge < -0.3 is 18.8 Å². The number of methoxy groups -OCH3 is 1. The number of imidazole rings is 1. The Hall–Kier alpha value is -3.94. The van der Waals surface area contributed by atoms with Crippen LogP contribution >= 0.6 is 11.6 Å². The summed E-state index contributed by atoms with van der Waals surface area (Å²) in [6, 6.07) is 24.3. The van der Waals surface area contributed by atoms with Crippen molar-refractivity contribution >= 4 is 22.6 Å². The summed E-state index contributed by atoms with van der Waals surface area (Å²) in [5.41, 5.74) is 5.14. The van der Waals surface area contributed by atoms with Crippen molar-refractivity contribution in [2.45, 2.75) is 38.5 Å². The number of rotatable bonds is 9. The highest BCUT2D eigenvalue weighted by molar-refractivity contribution is 6.30. The molecule has 1 aliphatic heterocycles. The Bertz CT molecular complexity index is 1650. The fraction of sp³-hybridized carbons (Fsp3) is 0.250. The predicted octanol–water partition coefficient (Wildman–Crippen LogP) is 7.25. The van der Waals surface area contributed by atoms with Gasteiger partial charge in [0.1, 0.15) is 24.0 Å². The zero-order valence-corrected chi connectivity index (χ0v) is 22.9. The Labute approximate surface area is 237 Å². The monoisotopic (exact) mass is 557 g/mol. The molecule has 0 radical (unpaired) electrons. The van der Waals surface area contributed by atoms with Gasteiger partial charge in [-0.1, -0.05) is 48.0 Å². The minimum absolute atomic E-state index is 0.0502. The van der Waals surface area contributed by atoms with E-state index in [9.17, 15) is 4.39 Å². The summed E-state index contributed by atoms with van der Waals surface area (Å²) in [5, 5.41) is 0.346. The first kappa shape index (κ1) is 26.3. The van der Waals surface area contributed by atoms with Crippen LogP contribution in [0.2, 0.25) is 5.02 Å². The second kappa shape index (κ2) is 11.7. The Morgan fingerprint density at radius 3 is 2.70 bits per heavy atom. The molecule has 0 spiro atoms. The zero-order valence-electron chi connectivity index (χ0n) is 22.1. The summed E-state index contributed by atoms with van der Waals surface area (Å²) < 4.78 is 34.0. The smallest absolute Gasteiger partial charge is 0.214 e. The van der Waals surface area contributed by atoms with E-state index in [2.05, 4.69) is 21.7 Å². The van der Waals surface area contributed by atoms with Crippen LogP contribution in [0.4, 0.5) is 4.39 Å². The van der Waals surface area contributed by atoms with Crippen molar-refractivity contribution in [3.05, 3.63) is 107 Å². The van der Waals surface area contributed by atoms with Gasteiger partial charge in [0.15, 0.2) is 0 Å². The van der Waals surface area contributed by atoms with E-state index in [-0.39, 0.29) is 12.7 Å². The number of aromatic nitrogens is 3. The predicted molar refractivity (Wildman–Crippen MR) is 153 cm³/mol. The molecule has 1 atom stereocenters. The lowest BCUT2D eigenvalue weighted by molar-refractivity contribution is 0.0973. The number of ether oxygens (including phenoxy) is 3. The van der Waals surface area contributed by atoms with E-state index >= 15 is 0 Å². The van der Waals surface area contributed by atoms with Gasteiger partial charge in [0.2, 0.25) is 5.88 Å². The molecule has 2 aromatic heterocycles. The molecule has 204 valence electrons. The molecule has 3 heterocycles. The second-order valence-electron chi connectivity index (χ2n) is 9.85. The van der Waals surface area contributed by atoms with Crippen LogP contribution < -0.4 is 9.47 Å². The normalized spacial score (nSPS) is 15.0. The van der Waals surface area contributed by atoms with Crippen molar-refractivity contribution in [3.63, 3.8) is 0 Å². The number of halogens is 2. The van der Waals surface area contributed by atoms with Crippen LogP contribution in [0.1, 0.15) is 29.8 Å². The molecule has 1 aliphatic rings. The second-order valence-corrected chi connectivity index (χ2v) is 10.3. The number of fused-ring (bicyclic) bond motifs is 1. The fourth-order valence-corrected chi connectivity index (χ4v) is 5.28. The minimum Gasteiger partial charge on any atom is -0.496 e. The Balaban J connectivity index is 1.24. The average molecular weight is 558 g/mol. The molecule has 1 saturated heterocycles. The molecule has 6 rings (SSSR count). The summed E-state index contributed by atoms with van der Waals surface area (Å²) in [7, 11) is 1.67. The van der Waals surface area contributed by atoms with Crippen LogP contribution in [0.25, 0.3) is 22.3 Å². The maximum Gasteiger partial charge on any atom is 0.214 e. The first-order valence-electron chi connectivity index (χ1n) is 13.3. The highest BCUT2D eigenvalue weighted by atomic mass is 35.5. The number of nitrogens with zero attached hydrogens (tertiary/aromatic N) is 3. The van der Waals surface area contributed by atoms with E-state index < -0.39 is 5.82 Å². The number of hydrogen-bond acceptors (Lipinski definition) is 5. The highest BCUT2D eigenvalue weighted by Gasteiger charge is 2.21. The molecular weight excluding hydrogens is 529 g/mol. The Morgan fingerprint density at radius 1 is 1.00 bits per heavy atom. The van der Waals surface area contributed by atoms with Crippen molar-refractivity contribution in [2.24, 2.45) is 0 Å². The van der Waals surface area contributed by atoms with Crippen molar-refractivity contribution in [3.8, 4) is 22.9 Å². The van der Waals surface area contributed by atoms with Crippen molar-refractivity contribution in [2.75, 3.05) is 13.7 Å². The van der Waals surface area contributed by atoms with Crippen LogP contribution in [-0.2, 0) is 24.3 Å². The van der Waals surface area contributed by atoms with Gasteiger partial charge in [0.05, 0.1) is 36.5 Å². The summed E-state index contributed by atoms with van der Waals surface area (Å²) in [4.78, 5) is 9.60. The summed E-state index contributed by atoms with van der Waals surface area (Å²) in [5.74, 6) is 1.72. The van der Waals surface area contributed by atoms with Crippen LogP contribution in [0.3, 0.4) is 0 Å². The van der Waals surface area contributed by atoms with Gasteiger partial charge >= 0.3 is 0 Å². The molecule has 1 unspecified atom stereocenters. The lowest BCUT2D eigenvalue weighted by Crippen LogP contribution is -2.17. The van der Waals surface area contributed by atoms with Gasteiger partial charge in [-0.05, 0) is 49.2 Å². The quantitative estimate of drug-likeness (QED) is 0.191. The molecule has 6 nitrogen and oxygen atoms in total. The lowest BCUT2D eigenvalue weighted by atomic mass is 10.0. The van der Waals surface area contributed by atoms with Gasteiger partial charge in [-0.15, -0.1) is 0 Å². The van der Waals surface area contributed by atoms with Crippen LogP contribution in [0.5, 0.6) is 11.6 Å². The molecule has 40 heavy (non-hydrogen) atoms. The molecule has 0 saturated carbocycles. The molecular formula is C32H29ClFN3O3. The molecule has 0 N–H and O–H groups in total. The summed E-state index contributed by atoms with van der Waals surface area (Å²) in [6.07, 6.45) is 2.99. The summed E-state index contributed by atoms with van der Waals surface area (Å²) >= 11 is 5.85. The molecule has 1 fully saturated rings. The van der Waals surface area contributed by atoms with Gasteiger partial charge in [0, 0.05) is 40.8 Å². The molecule has 3 aromatic carbocycles. The third-order valence-corrected chi connectivity index (χ3v) is 7.42. The maximum atomic E-state index is 14.2. The lowest BCUT2D eigenvalue weighted by Gasteiger charge is -2.16. The first-order valence-corrected chi connectivity index (χ1v) is 13.7. The average Bonchev–Trinajstić information content (AvgIpc) is 3.61. The molecule has 0 bridgehead atoms. The first-order chi connectivity index (χ1) is 19.6. The number of pyridine rings is 1. The largest absolute Gasteiger partial charge is 0.496 e. The SMILES string of the molecule is COc1cc(-c2cccc(OCc3ccc(Cl)cc3F)n2)ccc1Cc1nc2ccccc2n1CC1CCCO1. The Kier molecular flexibility index (Phi) is 7.66. The van der Waals surface area contributed by atoms with E-state index in [1.807, 2.05) is 42.5 Å². The zero-order chi connectivity index (χ0) is 27.5. The van der Waals surface area contributed by atoms with E-state index in [0.717, 1.165) is 65.4 Å². The molecule has 5 aromatic rings. The molecule has 8 heteroatoms. The number of hydrogen-bond donors (Lipinski definition) is 0. The highest BCUT2D eigenvalue weighted by Crippen LogP contribution is 2.30. The van der Waals surface area contributed by atoms with E-state index in [1.54, 1.807) is 25.3 Å². The number of para-hydroxylation sites is 2. The van der Waals surface area contributed by atoms with Crippen LogP contribution in [0.15, 0.2) is 78.9 Å². The van der Waals surface area contributed by atoms with Gasteiger partial charge in [0.25, 0.3) is 0 Å². The van der Waals surface area contributed by atoms with E-state index in [4.69, 9.17) is 30.8 Å². The van der Waals surface area contributed by atoms with Crippen LogP contribution in [0, 0.1) is 5.82 Å². The Morgan fingerprint density at radius 2 is 1.88 bits per heavy atom. The summed E-state index contributed by atoms with van der Waals surface area (Å²) in [6.45, 7) is 1.65. The fourth-order valence-electron chi connectivity index (χ4n) is 5.12. The maximum absolute atomic E-state index is 14.2. The van der Waals surface area contributed by atoms with Crippen molar-refractivity contribution < 1.29 is 18.6 Å². The minimum atomic E-state index is -0.409. The van der Waals surface area contributed by atoms with Crippen molar-refractivity contribution in [1.82, 2.24) is 14.5 Å². The van der Waals surface area contributed by atoms with Crippen LogP contribution in [-0.4, -0.2) is 34.4 Å². The molecule has 0 aliphatic carbocycles. The van der Waals surface area contributed by atoms with E-state index in [1.165, 1.54) is 6.07 Å². The third kappa shape index (κ3) is 5.67. The van der Waals surface area contributed by atoms with Gasteiger partial charge in [-0.3, -0.25) is 0 Å². The van der Waals surface area contributed by atoms with Gasteiger partial charge in [-0.25, -0.2) is 14.4 Å². The molecule has 0 amide bonds. The number of benzene rings is 3. The third-order valence-electron chi connectivity index (χ3n) is 7.19. The topological polar surface area (TPSA) is 58.4 Å². The van der Waals surface area contributed by atoms with Gasteiger partial charge in [-0.2, -0.15) is 0 Å². The van der Waals surface area contributed by atoms with E-state index in [0.29, 0.717) is 22.9 Å². The standard InChI is InChI=1S/C32H29ClFN3O3/c1-38-30-16-21(27-8-4-10-32(36-27)40-20-23-13-14-24(33)18-26(23)34)11-12-22(30)17-31-35-28-7-2-3-9-29(28)37(31)19-25-6-5-15-39-25/h2-4,7-14,16,18,25H,5-6,15,17,19-20H2,1H3.